The molecule has 0 radical (unpaired) electrons. The number of aryl methyl sites for hydroxylation is 1. The topological polar surface area (TPSA) is 95.6 Å². The minimum absolute atomic E-state index is 0.0363. The molecule has 154 valence electrons. The number of benzene rings is 2. The summed E-state index contributed by atoms with van der Waals surface area (Å²) < 4.78 is 24.9. The number of nitrogens with one attached hydrogen (secondary N) is 2. The Hall–Kier alpha value is -2.87. The van der Waals surface area contributed by atoms with Gasteiger partial charge in [-0.05, 0) is 56.2 Å². The zero-order valence-electron chi connectivity index (χ0n) is 16.5. The number of hydrogen-bond acceptors (Lipinski definition) is 4. The Balaban J connectivity index is 1.52. The highest BCUT2D eigenvalue weighted by Gasteiger charge is 2.25. The van der Waals surface area contributed by atoms with Crippen LogP contribution in [0.1, 0.15) is 39.1 Å². The lowest BCUT2D eigenvalue weighted by molar-refractivity contribution is 0.0698. The third-order valence-corrected chi connectivity index (χ3v) is 5.47. The molecular weight excluding hydrogens is 390 g/mol. The largest absolute Gasteiger partial charge is 0.349 e. The lowest BCUT2D eigenvalue weighted by Gasteiger charge is -2.32. The number of likely N-dealkylation sites (tertiary alicyclic amines) is 1. The molecule has 2 N–H and O–H groups in total. The van der Waals surface area contributed by atoms with Gasteiger partial charge in [-0.15, -0.1) is 0 Å². The van der Waals surface area contributed by atoms with Crippen LogP contribution in [0.15, 0.2) is 48.5 Å². The van der Waals surface area contributed by atoms with E-state index in [0.29, 0.717) is 42.7 Å². The second kappa shape index (κ2) is 8.65. The molecule has 0 unspecified atom stereocenters. The van der Waals surface area contributed by atoms with Gasteiger partial charge in [-0.25, -0.2) is 8.42 Å². The summed E-state index contributed by atoms with van der Waals surface area (Å²) >= 11 is 0. The molecule has 1 saturated heterocycles. The molecule has 2 aromatic carbocycles. The molecule has 1 aliphatic heterocycles. The zero-order valence-corrected chi connectivity index (χ0v) is 17.3. The Morgan fingerprint density at radius 2 is 1.48 bits per heavy atom. The molecule has 3 rings (SSSR count). The molecule has 1 fully saturated rings. The van der Waals surface area contributed by atoms with Crippen molar-refractivity contribution in [2.45, 2.75) is 25.8 Å². The second-order valence-corrected chi connectivity index (χ2v) is 9.11. The van der Waals surface area contributed by atoms with E-state index >= 15 is 0 Å². The van der Waals surface area contributed by atoms with Crippen LogP contribution in [0.4, 0.5) is 5.69 Å². The summed E-state index contributed by atoms with van der Waals surface area (Å²) in [6, 6.07) is 13.8. The van der Waals surface area contributed by atoms with Crippen molar-refractivity contribution in [3.8, 4) is 0 Å². The van der Waals surface area contributed by atoms with Crippen molar-refractivity contribution < 1.29 is 18.0 Å². The predicted molar refractivity (Wildman–Crippen MR) is 112 cm³/mol. The minimum atomic E-state index is -3.35. The Labute approximate surface area is 171 Å². The first kappa shape index (κ1) is 20.9. The van der Waals surface area contributed by atoms with E-state index in [9.17, 15) is 18.0 Å². The van der Waals surface area contributed by atoms with Gasteiger partial charge in [0.25, 0.3) is 11.8 Å². The van der Waals surface area contributed by atoms with Crippen molar-refractivity contribution >= 4 is 27.5 Å². The van der Waals surface area contributed by atoms with Crippen molar-refractivity contribution in [2.24, 2.45) is 0 Å². The number of rotatable bonds is 5. The minimum Gasteiger partial charge on any atom is -0.349 e. The molecule has 0 aromatic heterocycles. The molecule has 29 heavy (non-hydrogen) atoms. The maximum absolute atomic E-state index is 12.7. The molecule has 8 heteroatoms. The maximum Gasteiger partial charge on any atom is 0.253 e. The van der Waals surface area contributed by atoms with Crippen LogP contribution >= 0.6 is 0 Å². The van der Waals surface area contributed by atoms with Crippen molar-refractivity contribution in [1.82, 2.24) is 10.2 Å². The van der Waals surface area contributed by atoms with Crippen molar-refractivity contribution in [3.63, 3.8) is 0 Å². The Kier molecular flexibility index (Phi) is 6.22. The number of carbonyl (C=O) groups excluding carboxylic acids is 2. The summed E-state index contributed by atoms with van der Waals surface area (Å²) in [4.78, 5) is 26.8. The number of carbonyl (C=O) groups is 2. The number of hydrogen-bond donors (Lipinski definition) is 2. The van der Waals surface area contributed by atoms with E-state index in [-0.39, 0.29) is 17.9 Å². The first-order valence-corrected chi connectivity index (χ1v) is 11.3. The van der Waals surface area contributed by atoms with Gasteiger partial charge in [-0.3, -0.25) is 14.3 Å². The zero-order chi connectivity index (χ0) is 21.0. The molecule has 0 spiro atoms. The highest BCUT2D eigenvalue weighted by molar-refractivity contribution is 7.92. The lowest BCUT2D eigenvalue weighted by Crippen LogP contribution is -2.46. The Bertz CT molecular complexity index is 978. The van der Waals surface area contributed by atoms with E-state index in [2.05, 4.69) is 10.0 Å². The van der Waals surface area contributed by atoms with Crippen LogP contribution in [0.25, 0.3) is 0 Å². The van der Waals surface area contributed by atoms with Gasteiger partial charge < -0.3 is 10.2 Å². The first-order valence-electron chi connectivity index (χ1n) is 9.46. The highest BCUT2D eigenvalue weighted by atomic mass is 32.2. The molecule has 2 amide bonds. The van der Waals surface area contributed by atoms with Crippen LogP contribution in [0.3, 0.4) is 0 Å². The number of amides is 2. The molecule has 0 aliphatic carbocycles. The van der Waals surface area contributed by atoms with Gasteiger partial charge in [-0.2, -0.15) is 0 Å². The van der Waals surface area contributed by atoms with Gasteiger partial charge in [-0.1, -0.05) is 17.7 Å². The molecule has 0 atom stereocenters. The quantitative estimate of drug-likeness (QED) is 0.784. The summed E-state index contributed by atoms with van der Waals surface area (Å²) in [5, 5.41) is 3.04. The van der Waals surface area contributed by atoms with E-state index in [1.807, 2.05) is 31.2 Å². The predicted octanol–water partition coefficient (Wildman–Crippen LogP) is 2.40. The normalized spacial score (nSPS) is 15.0. The standard InChI is InChI=1S/C21H25N3O4S/c1-15-3-5-16(6-4-15)20(25)22-18-11-13-24(14-12-18)21(26)17-7-9-19(10-8-17)23-29(2,27)28/h3-10,18,23H,11-14H2,1-2H3,(H,22,25). The highest BCUT2D eigenvalue weighted by Crippen LogP contribution is 2.17. The van der Waals surface area contributed by atoms with E-state index in [1.165, 1.54) is 0 Å². The summed E-state index contributed by atoms with van der Waals surface area (Å²) in [5.74, 6) is -0.192. The van der Waals surface area contributed by atoms with Crippen LogP contribution in [-0.2, 0) is 10.0 Å². The van der Waals surface area contributed by atoms with Gasteiger partial charge >= 0.3 is 0 Å². The van der Waals surface area contributed by atoms with Gasteiger partial charge in [0.1, 0.15) is 0 Å². The molecule has 7 nitrogen and oxygen atoms in total. The van der Waals surface area contributed by atoms with Crippen LogP contribution in [-0.4, -0.2) is 50.5 Å². The number of nitrogens with zero attached hydrogens (tertiary/aromatic N) is 1. The SMILES string of the molecule is Cc1ccc(C(=O)NC2CCN(C(=O)c3ccc(NS(C)(=O)=O)cc3)CC2)cc1. The summed E-state index contributed by atoms with van der Waals surface area (Å²) in [6.45, 7) is 3.09. The van der Waals surface area contributed by atoms with Gasteiger partial charge in [0.15, 0.2) is 0 Å². The summed E-state index contributed by atoms with van der Waals surface area (Å²) in [7, 11) is -3.35. The Morgan fingerprint density at radius 3 is 2.03 bits per heavy atom. The van der Waals surface area contributed by atoms with Gasteiger partial charge in [0, 0.05) is 35.9 Å². The number of sulfonamides is 1. The molecule has 0 saturated carbocycles. The van der Waals surface area contributed by atoms with Crippen LogP contribution in [0, 0.1) is 6.92 Å². The molecular formula is C21H25N3O4S. The first-order chi connectivity index (χ1) is 13.7. The van der Waals surface area contributed by atoms with Crippen LogP contribution in [0.2, 0.25) is 0 Å². The van der Waals surface area contributed by atoms with Crippen molar-refractivity contribution in [1.29, 1.82) is 0 Å². The fourth-order valence-corrected chi connectivity index (χ4v) is 3.84. The Morgan fingerprint density at radius 1 is 0.931 bits per heavy atom. The third kappa shape index (κ3) is 5.80. The van der Waals surface area contributed by atoms with Gasteiger partial charge in [0.2, 0.25) is 10.0 Å². The van der Waals surface area contributed by atoms with Crippen LogP contribution < -0.4 is 10.0 Å². The van der Waals surface area contributed by atoms with Gasteiger partial charge in [0.05, 0.1) is 6.26 Å². The summed E-state index contributed by atoms with van der Waals surface area (Å²) in [6.07, 6.45) is 2.46. The lowest BCUT2D eigenvalue weighted by atomic mass is 10.0. The monoisotopic (exact) mass is 415 g/mol. The summed E-state index contributed by atoms with van der Waals surface area (Å²) in [5.41, 5.74) is 2.66. The van der Waals surface area contributed by atoms with Crippen molar-refractivity contribution in [3.05, 3.63) is 65.2 Å². The van der Waals surface area contributed by atoms with E-state index in [0.717, 1.165) is 11.8 Å². The smallest absolute Gasteiger partial charge is 0.253 e. The molecule has 1 heterocycles. The average molecular weight is 416 g/mol. The van der Waals surface area contributed by atoms with E-state index in [4.69, 9.17) is 0 Å². The maximum atomic E-state index is 12.7. The second-order valence-electron chi connectivity index (χ2n) is 7.36. The number of piperidine rings is 1. The third-order valence-electron chi connectivity index (χ3n) is 4.87. The van der Waals surface area contributed by atoms with Crippen LogP contribution in [0.5, 0.6) is 0 Å². The average Bonchev–Trinajstić information content (AvgIpc) is 2.68. The molecule has 0 bridgehead atoms. The van der Waals surface area contributed by atoms with E-state index in [1.54, 1.807) is 29.2 Å². The fourth-order valence-electron chi connectivity index (χ4n) is 3.28. The van der Waals surface area contributed by atoms with Crippen molar-refractivity contribution in [2.75, 3.05) is 24.1 Å². The van der Waals surface area contributed by atoms with E-state index < -0.39 is 10.0 Å². The number of anilines is 1. The molecule has 1 aliphatic rings. The molecule has 2 aromatic rings. The fraction of sp³-hybridized carbons (Fsp3) is 0.333.